The van der Waals surface area contributed by atoms with Gasteiger partial charge in [0.25, 0.3) is 0 Å². The van der Waals surface area contributed by atoms with Crippen LogP contribution in [0.2, 0.25) is 0 Å². The largest absolute Gasteiger partial charge is 0.467 e. The van der Waals surface area contributed by atoms with Crippen LogP contribution in [0.1, 0.15) is 18.8 Å². The topological polar surface area (TPSA) is 62.5 Å². The molecule has 1 heterocycles. The van der Waals surface area contributed by atoms with Gasteiger partial charge in [-0.1, -0.05) is 15.9 Å². The highest BCUT2D eigenvalue weighted by atomic mass is 79.9. The Hall–Kier alpha value is -1.24. The summed E-state index contributed by atoms with van der Waals surface area (Å²) in [6.07, 6.45) is 0.667. The third kappa shape index (κ3) is 4.91. The Kier molecular flexibility index (Phi) is 5.90. The molecule has 112 valence electrons. The molecule has 0 radical (unpaired) electrons. The van der Waals surface area contributed by atoms with E-state index in [-0.39, 0.29) is 17.7 Å². The monoisotopic (exact) mass is 369 g/mol. The average molecular weight is 370 g/mol. The molecule has 4 nitrogen and oxygen atoms in total. The Morgan fingerprint density at radius 1 is 1.38 bits per heavy atom. The van der Waals surface area contributed by atoms with Crippen LogP contribution in [0.15, 0.2) is 56.4 Å². The minimum atomic E-state index is -0.825. The van der Waals surface area contributed by atoms with Crippen molar-refractivity contribution in [3.63, 3.8) is 0 Å². The van der Waals surface area contributed by atoms with Crippen molar-refractivity contribution in [2.24, 2.45) is 0 Å². The van der Waals surface area contributed by atoms with E-state index in [1.165, 1.54) is 18.0 Å². The maximum atomic E-state index is 12.0. The van der Waals surface area contributed by atoms with Gasteiger partial charge in [0, 0.05) is 9.37 Å². The van der Waals surface area contributed by atoms with Crippen molar-refractivity contribution < 1.29 is 14.3 Å². The van der Waals surface area contributed by atoms with Crippen molar-refractivity contribution in [3.8, 4) is 0 Å². The predicted molar refractivity (Wildman–Crippen MR) is 86.1 cm³/mol. The van der Waals surface area contributed by atoms with Crippen LogP contribution in [0.25, 0.3) is 0 Å². The summed E-state index contributed by atoms with van der Waals surface area (Å²) in [5.41, 5.74) is 0. The number of furan rings is 1. The number of nitrogens with one attached hydrogen (secondary N) is 1. The van der Waals surface area contributed by atoms with E-state index < -0.39 is 6.10 Å². The molecule has 0 fully saturated rings. The number of hydrogen-bond donors (Lipinski definition) is 2. The second-order valence-corrected chi connectivity index (χ2v) is 6.82. The number of thioether (sulfide) groups is 1. The van der Waals surface area contributed by atoms with E-state index in [0.717, 1.165) is 9.37 Å². The third-order valence-electron chi connectivity index (χ3n) is 2.84. The lowest BCUT2D eigenvalue weighted by Gasteiger charge is -2.14. The van der Waals surface area contributed by atoms with Crippen LogP contribution in [0.3, 0.4) is 0 Å². The second-order valence-electron chi connectivity index (χ2n) is 4.49. The maximum absolute atomic E-state index is 12.0. The Morgan fingerprint density at radius 3 is 2.71 bits per heavy atom. The first-order valence-electron chi connectivity index (χ1n) is 6.47. The minimum Gasteiger partial charge on any atom is -0.467 e. The summed E-state index contributed by atoms with van der Waals surface area (Å²) in [7, 11) is 0. The molecule has 2 rings (SSSR count). The maximum Gasteiger partial charge on any atom is 0.233 e. The first-order chi connectivity index (χ1) is 10.1. The summed E-state index contributed by atoms with van der Waals surface area (Å²) >= 11 is 4.85. The Bertz CT molecular complexity index is 571. The zero-order chi connectivity index (χ0) is 15.2. The molecule has 21 heavy (non-hydrogen) atoms. The number of amides is 1. The molecule has 0 aliphatic heterocycles. The summed E-state index contributed by atoms with van der Waals surface area (Å²) in [4.78, 5) is 13.0. The summed E-state index contributed by atoms with van der Waals surface area (Å²) in [6, 6.07) is 11.2. The van der Waals surface area contributed by atoms with Gasteiger partial charge in [-0.2, -0.15) is 0 Å². The number of benzene rings is 1. The normalized spacial score (nSPS) is 13.7. The van der Waals surface area contributed by atoms with Crippen LogP contribution in [0.5, 0.6) is 0 Å². The summed E-state index contributed by atoms with van der Waals surface area (Å²) < 4.78 is 6.09. The van der Waals surface area contributed by atoms with Crippen LogP contribution in [0.4, 0.5) is 0 Å². The van der Waals surface area contributed by atoms with E-state index in [9.17, 15) is 9.90 Å². The van der Waals surface area contributed by atoms with Gasteiger partial charge in [0.05, 0.1) is 18.1 Å². The van der Waals surface area contributed by atoms with Gasteiger partial charge >= 0.3 is 0 Å². The lowest BCUT2D eigenvalue weighted by atomic mass is 10.2. The number of halogens is 1. The zero-order valence-corrected chi connectivity index (χ0v) is 13.9. The molecule has 0 saturated carbocycles. The first-order valence-corrected chi connectivity index (χ1v) is 8.15. The highest BCUT2D eigenvalue weighted by Crippen LogP contribution is 2.25. The number of aliphatic hydroxyl groups excluding tert-OH is 1. The summed E-state index contributed by atoms with van der Waals surface area (Å²) in [5.74, 6) is 0.331. The van der Waals surface area contributed by atoms with Crippen molar-refractivity contribution in [2.45, 2.75) is 23.2 Å². The van der Waals surface area contributed by atoms with E-state index >= 15 is 0 Å². The average Bonchev–Trinajstić information content (AvgIpc) is 3.01. The second kappa shape index (κ2) is 7.68. The Balaban J connectivity index is 1.81. The van der Waals surface area contributed by atoms with Crippen LogP contribution < -0.4 is 5.32 Å². The molecule has 1 aromatic carbocycles. The summed E-state index contributed by atoms with van der Waals surface area (Å²) in [6.45, 7) is 1.97. The molecule has 2 aromatic rings. The van der Waals surface area contributed by atoms with Gasteiger partial charge in [-0.15, -0.1) is 11.8 Å². The quantitative estimate of drug-likeness (QED) is 0.766. The molecular weight excluding hydrogens is 354 g/mol. The highest BCUT2D eigenvalue weighted by molar-refractivity contribution is 9.10. The molecule has 0 spiro atoms. The standard InChI is InChI=1S/C15H16BrNO3S/c1-10(21-12-6-4-11(16)5-7-12)15(19)17-9-13(18)14-3-2-8-20-14/h2-8,10,13,18H,9H2,1H3,(H,17,19). The van der Waals surface area contributed by atoms with E-state index in [1.54, 1.807) is 12.1 Å². The van der Waals surface area contributed by atoms with Crippen LogP contribution in [-0.4, -0.2) is 22.8 Å². The van der Waals surface area contributed by atoms with Crippen molar-refractivity contribution in [3.05, 3.63) is 52.9 Å². The minimum absolute atomic E-state index is 0.117. The molecule has 1 amide bonds. The molecule has 2 unspecified atom stereocenters. The zero-order valence-electron chi connectivity index (χ0n) is 11.5. The number of carbonyl (C=O) groups is 1. The van der Waals surface area contributed by atoms with Crippen molar-refractivity contribution in [1.29, 1.82) is 0 Å². The Labute approximate surface area is 136 Å². The van der Waals surface area contributed by atoms with Crippen molar-refractivity contribution in [1.82, 2.24) is 5.32 Å². The SMILES string of the molecule is CC(Sc1ccc(Br)cc1)C(=O)NCC(O)c1ccco1. The van der Waals surface area contributed by atoms with Gasteiger partial charge in [-0.25, -0.2) is 0 Å². The number of carbonyl (C=O) groups excluding carboxylic acids is 1. The molecular formula is C15H16BrNO3S. The van der Waals surface area contributed by atoms with Gasteiger partial charge < -0.3 is 14.8 Å². The number of aliphatic hydroxyl groups is 1. The van der Waals surface area contributed by atoms with Crippen molar-refractivity contribution in [2.75, 3.05) is 6.54 Å². The van der Waals surface area contributed by atoms with E-state index in [4.69, 9.17) is 4.42 Å². The first kappa shape index (κ1) is 16.1. The van der Waals surface area contributed by atoms with Gasteiger partial charge in [0.2, 0.25) is 5.91 Å². The number of hydrogen-bond acceptors (Lipinski definition) is 4. The predicted octanol–water partition coefficient (Wildman–Crippen LogP) is 3.37. The highest BCUT2D eigenvalue weighted by Gasteiger charge is 2.17. The van der Waals surface area contributed by atoms with Gasteiger partial charge in [0.1, 0.15) is 11.9 Å². The number of rotatable bonds is 6. The van der Waals surface area contributed by atoms with E-state index in [0.29, 0.717) is 5.76 Å². The summed E-state index contributed by atoms with van der Waals surface area (Å²) in [5, 5.41) is 12.3. The smallest absolute Gasteiger partial charge is 0.233 e. The van der Waals surface area contributed by atoms with Crippen LogP contribution >= 0.6 is 27.7 Å². The van der Waals surface area contributed by atoms with Crippen LogP contribution in [0, 0.1) is 0 Å². The fourth-order valence-corrected chi connectivity index (χ4v) is 2.85. The lowest BCUT2D eigenvalue weighted by molar-refractivity contribution is -0.120. The van der Waals surface area contributed by atoms with Gasteiger partial charge in [0.15, 0.2) is 0 Å². The van der Waals surface area contributed by atoms with Gasteiger partial charge in [-0.05, 0) is 43.3 Å². The molecule has 0 aliphatic carbocycles. The fraction of sp³-hybridized carbons (Fsp3) is 0.267. The third-order valence-corrected chi connectivity index (χ3v) is 4.48. The molecule has 0 saturated heterocycles. The van der Waals surface area contributed by atoms with Crippen LogP contribution in [-0.2, 0) is 4.79 Å². The molecule has 2 N–H and O–H groups in total. The molecule has 2 atom stereocenters. The van der Waals surface area contributed by atoms with Crippen molar-refractivity contribution >= 4 is 33.6 Å². The van der Waals surface area contributed by atoms with Gasteiger partial charge in [-0.3, -0.25) is 4.79 Å². The molecule has 1 aromatic heterocycles. The lowest BCUT2D eigenvalue weighted by Crippen LogP contribution is -2.34. The molecule has 0 bridgehead atoms. The molecule has 6 heteroatoms. The van der Waals surface area contributed by atoms with E-state index in [1.807, 2.05) is 31.2 Å². The fourth-order valence-electron chi connectivity index (χ4n) is 1.69. The molecule has 0 aliphatic rings. The Morgan fingerprint density at radius 2 is 2.10 bits per heavy atom. The van der Waals surface area contributed by atoms with E-state index in [2.05, 4.69) is 21.2 Å².